The second-order valence-electron chi connectivity index (χ2n) is 3.25. The van der Waals surface area contributed by atoms with Crippen LogP contribution in [0.1, 0.15) is 5.56 Å². The third-order valence-corrected chi connectivity index (χ3v) is 2.16. The van der Waals surface area contributed by atoms with Crippen molar-refractivity contribution >= 4 is 0 Å². The average Bonchev–Trinajstić information content (AvgIpc) is 2.41. The molecule has 1 aliphatic heterocycles. The number of morpholine rings is 1. The molecule has 2 rings (SSSR count). The standard InChI is InChI=1S/C7H10N2O.C4H9NO/c1-10-7-5-9-3-2-6(7)4-8;1-3-6-4-2-5-1/h2-3,5H,4,8H2,1H3;5H,1-4H2. The van der Waals surface area contributed by atoms with E-state index in [1.54, 1.807) is 19.5 Å². The molecule has 0 amide bonds. The molecule has 1 aliphatic rings. The molecule has 1 fully saturated rings. The molecule has 1 saturated heterocycles. The normalized spacial score (nSPS) is 14.9. The van der Waals surface area contributed by atoms with Crippen LogP contribution in [-0.4, -0.2) is 38.4 Å². The molecule has 1 aromatic heterocycles. The van der Waals surface area contributed by atoms with Crippen molar-refractivity contribution in [3.63, 3.8) is 0 Å². The Kier molecular flexibility index (Phi) is 6.48. The number of nitrogens with one attached hydrogen (secondary N) is 1. The fourth-order valence-corrected chi connectivity index (χ4v) is 1.28. The van der Waals surface area contributed by atoms with Gasteiger partial charge in [0.25, 0.3) is 0 Å². The lowest BCUT2D eigenvalue weighted by atomic mass is 10.2. The monoisotopic (exact) mass is 225 g/mol. The van der Waals surface area contributed by atoms with Crippen molar-refractivity contribution in [3.8, 4) is 5.75 Å². The lowest BCUT2D eigenvalue weighted by molar-refractivity contribution is 0.109. The van der Waals surface area contributed by atoms with Crippen LogP contribution < -0.4 is 15.8 Å². The fraction of sp³-hybridized carbons (Fsp3) is 0.545. The summed E-state index contributed by atoms with van der Waals surface area (Å²) in [5, 5.41) is 3.16. The van der Waals surface area contributed by atoms with Gasteiger partial charge in [0, 0.05) is 31.4 Å². The highest BCUT2D eigenvalue weighted by atomic mass is 16.5. The van der Waals surface area contributed by atoms with Crippen molar-refractivity contribution in [2.45, 2.75) is 6.54 Å². The summed E-state index contributed by atoms with van der Waals surface area (Å²) in [7, 11) is 1.61. The van der Waals surface area contributed by atoms with Gasteiger partial charge in [-0.2, -0.15) is 0 Å². The largest absolute Gasteiger partial charge is 0.495 e. The van der Waals surface area contributed by atoms with Gasteiger partial charge in [0.15, 0.2) is 0 Å². The highest BCUT2D eigenvalue weighted by molar-refractivity contribution is 5.29. The zero-order chi connectivity index (χ0) is 11.6. The van der Waals surface area contributed by atoms with E-state index in [9.17, 15) is 0 Å². The van der Waals surface area contributed by atoms with Gasteiger partial charge < -0.3 is 20.5 Å². The predicted molar refractivity (Wildman–Crippen MR) is 62.4 cm³/mol. The summed E-state index contributed by atoms with van der Waals surface area (Å²) in [5.74, 6) is 0.755. The minimum absolute atomic E-state index is 0.492. The maximum Gasteiger partial charge on any atom is 0.141 e. The van der Waals surface area contributed by atoms with E-state index in [-0.39, 0.29) is 0 Å². The van der Waals surface area contributed by atoms with Crippen LogP contribution in [0.2, 0.25) is 0 Å². The van der Waals surface area contributed by atoms with Gasteiger partial charge in [-0.15, -0.1) is 0 Å². The van der Waals surface area contributed by atoms with Gasteiger partial charge in [0.1, 0.15) is 5.75 Å². The fourth-order valence-electron chi connectivity index (χ4n) is 1.28. The van der Waals surface area contributed by atoms with Crippen LogP contribution >= 0.6 is 0 Å². The Hall–Kier alpha value is -1.17. The maximum absolute atomic E-state index is 5.42. The first-order chi connectivity index (χ1) is 7.88. The molecule has 5 nitrogen and oxygen atoms in total. The Morgan fingerprint density at radius 3 is 2.62 bits per heavy atom. The number of methoxy groups -OCH3 is 1. The maximum atomic E-state index is 5.42. The quantitative estimate of drug-likeness (QED) is 0.750. The highest BCUT2D eigenvalue weighted by Gasteiger charge is 1.97. The van der Waals surface area contributed by atoms with Crippen LogP contribution in [0.4, 0.5) is 0 Å². The number of aromatic nitrogens is 1. The van der Waals surface area contributed by atoms with Crippen LogP contribution in [0.25, 0.3) is 0 Å². The zero-order valence-corrected chi connectivity index (χ0v) is 9.61. The first-order valence-corrected chi connectivity index (χ1v) is 5.34. The SMILES string of the molecule is C1COCCN1.COc1cnccc1CN. The molecular weight excluding hydrogens is 206 g/mol. The zero-order valence-electron chi connectivity index (χ0n) is 9.61. The summed E-state index contributed by atoms with van der Waals surface area (Å²) in [6.07, 6.45) is 3.35. The number of ether oxygens (including phenoxy) is 2. The van der Waals surface area contributed by atoms with E-state index in [4.69, 9.17) is 15.2 Å². The van der Waals surface area contributed by atoms with Gasteiger partial charge in [0.2, 0.25) is 0 Å². The summed E-state index contributed by atoms with van der Waals surface area (Å²) >= 11 is 0. The van der Waals surface area contributed by atoms with Crippen molar-refractivity contribution in [3.05, 3.63) is 24.0 Å². The molecule has 0 saturated carbocycles. The Balaban J connectivity index is 0.000000181. The molecule has 0 aromatic carbocycles. The summed E-state index contributed by atoms with van der Waals surface area (Å²) in [4.78, 5) is 3.88. The van der Waals surface area contributed by atoms with E-state index in [1.807, 2.05) is 6.07 Å². The molecule has 0 bridgehead atoms. The van der Waals surface area contributed by atoms with Gasteiger partial charge >= 0.3 is 0 Å². The number of hydrogen-bond donors (Lipinski definition) is 2. The van der Waals surface area contributed by atoms with E-state index in [0.29, 0.717) is 6.54 Å². The predicted octanol–water partition coefficient (Wildman–Crippen LogP) is 0.155. The number of nitrogens with two attached hydrogens (primary N) is 1. The topological polar surface area (TPSA) is 69.4 Å². The van der Waals surface area contributed by atoms with Crippen molar-refractivity contribution < 1.29 is 9.47 Å². The number of rotatable bonds is 2. The number of hydrogen-bond acceptors (Lipinski definition) is 5. The Labute approximate surface area is 96.0 Å². The van der Waals surface area contributed by atoms with E-state index in [0.717, 1.165) is 37.6 Å². The van der Waals surface area contributed by atoms with Gasteiger partial charge in [-0.3, -0.25) is 4.98 Å². The Morgan fingerprint density at radius 1 is 1.50 bits per heavy atom. The third kappa shape index (κ3) is 4.57. The second kappa shape index (κ2) is 8.04. The molecular formula is C11H19N3O2. The minimum Gasteiger partial charge on any atom is -0.495 e. The van der Waals surface area contributed by atoms with Crippen molar-refractivity contribution in [1.82, 2.24) is 10.3 Å². The molecule has 16 heavy (non-hydrogen) atoms. The molecule has 0 unspecified atom stereocenters. The first kappa shape index (κ1) is 12.9. The lowest BCUT2D eigenvalue weighted by Gasteiger charge is -2.10. The molecule has 0 spiro atoms. The molecule has 0 aliphatic carbocycles. The smallest absolute Gasteiger partial charge is 0.141 e. The van der Waals surface area contributed by atoms with Crippen LogP contribution in [0.5, 0.6) is 5.75 Å². The lowest BCUT2D eigenvalue weighted by Crippen LogP contribution is -2.30. The summed E-state index contributed by atoms with van der Waals surface area (Å²) in [6.45, 7) is 4.33. The molecule has 3 N–H and O–H groups in total. The van der Waals surface area contributed by atoms with Crippen molar-refractivity contribution in [1.29, 1.82) is 0 Å². The molecule has 90 valence electrons. The first-order valence-electron chi connectivity index (χ1n) is 5.34. The van der Waals surface area contributed by atoms with Gasteiger partial charge in [0.05, 0.1) is 26.5 Å². The van der Waals surface area contributed by atoms with Crippen molar-refractivity contribution in [2.24, 2.45) is 5.73 Å². The third-order valence-electron chi connectivity index (χ3n) is 2.16. The van der Waals surface area contributed by atoms with Gasteiger partial charge in [-0.25, -0.2) is 0 Å². The van der Waals surface area contributed by atoms with E-state index < -0.39 is 0 Å². The molecule has 2 heterocycles. The van der Waals surface area contributed by atoms with Crippen LogP contribution in [0, 0.1) is 0 Å². The summed E-state index contributed by atoms with van der Waals surface area (Å²) < 4.78 is 10.0. The molecule has 5 heteroatoms. The molecule has 0 radical (unpaired) electrons. The second-order valence-corrected chi connectivity index (χ2v) is 3.25. The molecule has 0 atom stereocenters. The molecule has 1 aromatic rings. The van der Waals surface area contributed by atoms with Crippen molar-refractivity contribution in [2.75, 3.05) is 33.4 Å². The summed E-state index contributed by atoms with van der Waals surface area (Å²) in [6, 6.07) is 1.85. The van der Waals surface area contributed by atoms with Crippen LogP contribution in [0.15, 0.2) is 18.5 Å². The Bertz CT molecular complexity index is 256. The summed E-state index contributed by atoms with van der Waals surface area (Å²) in [5.41, 5.74) is 6.40. The van der Waals surface area contributed by atoms with Crippen LogP contribution in [-0.2, 0) is 11.3 Å². The Morgan fingerprint density at radius 2 is 2.25 bits per heavy atom. The van der Waals surface area contributed by atoms with Gasteiger partial charge in [-0.05, 0) is 6.07 Å². The average molecular weight is 225 g/mol. The van der Waals surface area contributed by atoms with E-state index in [1.165, 1.54) is 0 Å². The van der Waals surface area contributed by atoms with E-state index >= 15 is 0 Å². The minimum atomic E-state index is 0.492. The van der Waals surface area contributed by atoms with Crippen LogP contribution in [0.3, 0.4) is 0 Å². The van der Waals surface area contributed by atoms with Gasteiger partial charge in [-0.1, -0.05) is 0 Å². The number of nitrogens with zero attached hydrogens (tertiary/aromatic N) is 1. The number of pyridine rings is 1. The highest BCUT2D eigenvalue weighted by Crippen LogP contribution is 2.13. The van der Waals surface area contributed by atoms with E-state index in [2.05, 4.69) is 10.3 Å².